The number of rotatable bonds is 5. The summed E-state index contributed by atoms with van der Waals surface area (Å²) in [7, 11) is 0. The monoisotopic (exact) mass is 365 g/mol. The van der Waals surface area contributed by atoms with Gasteiger partial charge in [0.15, 0.2) is 0 Å². The average Bonchev–Trinajstić information content (AvgIpc) is 2.65. The van der Waals surface area contributed by atoms with Gasteiger partial charge in [0, 0.05) is 23.4 Å². The van der Waals surface area contributed by atoms with Gasteiger partial charge in [0.2, 0.25) is 5.91 Å². The summed E-state index contributed by atoms with van der Waals surface area (Å²) in [6.45, 7) is 7.29. The summed E-state index contributed by atoms with van der Waals surface area (Å²) in [6, 6.07) is 12.9. The maximum atomic E-state index is 12.5. The molecule has 0 unspecified atom stereocenters. The van der Waals surface area contributed by atoms with Crippen molar-refractivity contribution in [3.8, 4) is 0 Å². The third-order valence-corrected chi connectivity index (χ3v) is 5.35. The molecule has 0 atom stereocenters. The van der Waals surface area contributed by atoms with Crippen LogP contribution in [0.25, 0.3) is 0 Å². The van der Waals surface area contributed by atoms with Crippen LogP contribution in [-0.4, -0.2) is 29.8 Å². The van der Waals surface area contributed by atoms with Gasteiger partial charge >= 0.3 is 0 Å². The summed E-state index contributed by atoms with van der Waals surface area (Å²) in [5.74, 6) is 0.127. The van der Waals surface area contributed by atoms with Gasteiger partial charge in [0.1, 0.15) is 0 Å². The van der Waals surface area contributed by atoms with Gasteiger partial charge in [-0.25, -0.2) is 0 Å². The normalized spacial score (nSPS) is 15.5. The van der Waals surface area contributed by atoms with Crippen molar-refractivity contribution in [3.63, 3.8) is 0 Å². The molecule has 5 nitrogen and oxygen atoms in total. The molecule has 5 heteroatoms. The topological polar surface area (TPSA) is 75.4 Å². The molecule has 0 radical (unpaired) electrons. The van der Waals surface area contributed by atoms with E-state index in [1.165, 1.54) is 18.4 Å². The van der Waals surface area contributed by atoms with E-state index in [-0.39, 0.29) is 5.91 Å². The molecule has 27 heavy (non-hydrogen) atoms. The quantitative estimate of drug-likeness (QED) is 0.850. The van der Waals surface area contributed by atoms with E-state index in [1.54, 1.807) is 25.1 Å². The van der Waals surface area contributed by atoms with Crippen molar-refractivity contribution < 1.29 is 9.59 Å². The Balaban J connectivity index is 1.64. The van der Waals surface area contributed by atoms with Gasteiger partial charge in [-0.1, -0.05) is 25.1 Å². The van der Waals surface area contributed by atoms with Crippen molar-refractivity contribution in [1.82, 2.24) is 4.90 Å². The molecule has 2 aromatic carbocycles. The molecule has 0 spiro atoms. The number of carbonyl (C=O) groups excluding carboxylic acids is 2. The van der Waals surface area contributed by atoms with E-state index in [2.05, 4.69) is 17.1 Å². The molecule has 0 bridgehead atoms. The number of piperidine rings is 1. The van der Waals surface area contributed by atoms with Crippen LogP contribution >= 0.6 is 0 Å². The first-order valence-corrected chi connectivity index (χ1v) is 9.46. The smallest absolute Gasteiger partial charge is 0.255 e. The van der Waals surface area contributed by atoms with Crippen molar-refractivity contribution in [3.05, 3.63) is 64.7 Å². The lowest BCUT2D eigenvalue weighted by Gasteiger charge is -2.30. The van der Waals surface area contributed by atoms with Crippen molar-refractivity contribution in [1.29, 1.82) is 0 Å². The van der Waals surface area contributed by atoms with E-state index >= 15 is 0 Å². The van der Waals surface area contributed by atoms with E-state index in [1.807, 2.05) is 24.3 Å². The van der Waals surface area contributed by atoms with Crippen molar-refractivity contribution in [2.75, 3.05) is 18.4 Å². The van der Waals surface area contributed by atoms with Gasteiger partial charge in [0.25, 0.3) is 5.91 Å². The van der Waals surface area contributed by atoms with Gasteiger partial charge in [0.05, 0.1) is 0 Å². The molecule has 1 saturated heterocycles. The van der Waals surface area contributed by atoms with Crippen molar-refractivity contribution >= 4 is 17.5 Å². The minimum Gasteiger partial charge on any atom is -0.366 e. The second-order valence-corrected chi connectivity index (χ2v) is 7.45. The summed E-state index contributed by atoms with van der Waals surface area (Å²) < 4.78 is 0. The Kier molecular flexibility index (Phi) is 5.91. The minimum absolute atomic E-state index is 0.196. The van der Waals surface area contributed by atoms with Gasteiger partial charge < -0.3 is 11.1 Å². The fourth-order valence-corrected chi connectivity index (χ4v) is 3.47. The van der Waals surface area contributed by atoms with Crippen LogP contribution in [0.4, 0.5) is 5.69 Å². The molecule has 1 fully saturated rings. The number of nitrogens with two attached hydrogens (primary N) is 1. The number of likely N-dealkylation sites (tertiary alicyclic amines) is 1. The van der Waals surface area contributed by atoms with E-state index in [4.69, 9.17) is 5.73 Å². The highest BCUT2D eigenvalue weighted by Crippen LogP contribution is 2.21. The van der Waals surface area contributed by atoms with Crippen LogP contribution in [0.5, 0.6) is 0 Å². The second kappa shape index (κ2) is 8.35. The summed E-state index contributed by atoms with van der Waals surface area (Å²) in [4.78, 5) is 26.5. The largest absolute Gasteiger partial charge is 0.366 e. The predicted octanol–water partition coefficient (Wildman–Crippen LogP) is 3.58. The highest BCUT2D eigenvalue weighted by molar-refractivity contribution is 6.05. The molecule has 0 aromatic heterocycles. The number of nitrogens with zero attached hydrogens (tertiary/aromatic N) is 1. The number of amides is 2. The van der Waals surface area contributed by atoms with E-state index < -0.39 is 5.91 Å². The molecular formula is C22H27N3O2. The molecule has 1 aliphatic rings. The summed E-state index contributed by atoms with van der Waals surface area (Å²) in [6.07, 6.45) is 2.51. The fourth-order valence-electron chi connectivity index (χ4n) is 3.47. The van der Waals surface area contributed by atoms with Gasteiger partial charge in [-0.15, -0.1) is 0 Å². The number of nitrogens with one attached hydrogen (secondary N) is 1. The first-order valence-electron chi connectivity index (χ1n) is 9.46. The van der Waals surface area contributed by atoms with Gasteiger partial charge in [-0.2, -0.15) is 0 Å². The van der Waals surface area contributed by atoms with E-state index in [9.17, 15) is 9.59 Å². The fraction of sp³-hybridized carbons (Fsp3) is 0.364. The lowest BCUT2D eigenvalue weighted by molar-refractivity contribution is 0.0995. The number of primary amides is 1. The molecule has 2 aromatic rings. The lowest BCUT2D eigenvalue weighted by Crippen LogP contribution is -2.32. The highest BCUT2D eigenvalue weighted by atomic mass is 16.2. The molecule has 3 rings (SSSR count). The Morgan fingerprint density at radius 1 is 1.11 bits per heavy atom. The molecule has 0 aliphatic carbocycles. The Morgan fingerprint density at radius 3 is 2.41 bits per heavy atom. The summed E-state index contributed by atoms with van der Waals surface area (Å²) >= 11 is 0. The third kappa shape index (κ3) is 4.74. The number of benzene rings is 2. The number of anilines is 1. The first-order chi connectivity index (χ1) is 12.9. The van der Waals surface area contributed by atoms with Crippen LogP contribution in [0, 0.1) is 12.8 Å². The number of hydrogen-bond donors (Lipinski definition) is 2. The molecule has 3 N–H and O–H groups in total. The Labute approximate surface area is 160 Å². The van der Waals surface area contributed by atoms with E-state index in [0.717, 1.165) is 25.6 Å². The van der Waals surface area contributed by atoms with Crippen LogP contribution < -0.4 is 11.1 Å². The predicted molar refractivity (Wildman–Crippen MR) is 108 cm³/mol. The van der Waals surface area contributed by atoms with Crippen molar-refractivity contribution in [2.24, 2.45) is 11.7 Å². The van der Waals surface area contributed by atoms with Crippen LogP contribution in [-0.2, 0) is 6.54 Å². The highest BCUT2D eigenvalue weighted by Gasteiger charge is 2.16. The SMILES string of the molecule is Cc1c(NC(=O)c2ccc(CN3CCC(C)CC3)cc2)cccc1C(N)=O. The first kappa shape index (κ1) is 19.1. The lowest BCUT2D eigenvalue weighted by atomic mass is 9.99. The third-order valence-electron chi connectivity index (χ3n) is 5.35. The standard InChI is InChI=1S/C22H27N3O2/c1-15-10-12-25(13-11-15)14-17-6-8-18(9-7-17)22(27)24-20-5-3-4-19(16(20)2)21(23)26/h3-9,15H,10-14H2,1-2H3,(H2,23,26)(H,24,27). The molecule has 2 amide bonds. The minimum atomic E-state index is -0.500. The molecule has 142 valence electrons. The van der Waals surface area contributed by atoms with Crippen LogP contribution in [0.1, 0.15) is 51.6 Å². The molecule has 1 heterocycles. The zero-order chi connectivity index (χ0) is 19.4. The number of carbonyl (C=O) groups is 2. The van der Waals surface area contributed by atoms with Gasteiger partial charge in [-0.3, -0.25) is 14.5 Å². The zero-order valence-electron chi connectivity index (χ0n) is 16.0. The molecular weight excluding hydrogens is 338 g/mol. The Morgan fingerprint density at radius 2 is 1.78 bits per heavy atom. The van der Waals surface area contributed by atoms with Gasteiger partial charge in [-0.05, 0) is 74.2 Å². The second-order valence-electron chi connectivity index (χ2n) is 7.45. The number of hydrogen-bond acceptors (Lipinski definition) is 3. The Hall–Kier alpha value is -2.66. The van der Waals surface area contributed by atoms with Crippen molar-refractivity contribution in [2.45, 2.75) is 33.2 Å². The van der Waals surface area contributed by atoms with Crippen LogP contribution in [0.3, 0.4) is 0 Å². The Bertz CT molecular complexity index is 822. The van der Waals surface area contributed by atoms with Crippen LogP contribution in [0.15, 0.2) is 42.5 Å². The maximum absolute atomic E-state index is 12.5. The average molecular weight is 365 g/mol. The summed E-state index contributed by atoms with van der Waals surface area (Å²) in [5.41, 5.74) is 8.87. The van der Waals surface area contributed by atoms with E-state index in [0.29, 0.717) is 22.4 Å². The maximum Gasteiger partial charge on any atom is 0.255 e. The summed E-state index contributed by atoms with van der Waals surface area (Å²) in [5, 5.41) is 2.87. The molecule has 1 aliphatic heterocycles. The molecule has 0 saturated carbocycles. The van der Waals surface area contributed by atoms with Crippen LogP contribution in [0.2, 0.25) is 0 Å². The zero-order valence-corrected chi connectivity index (χ0v) is 16.0.